The number of rotatable bonds is 1. The van der Waals surface area contributed by atoms with Crippen LogP contribution in [0.4, 0.5) is 0 Å². The molecule has 0 atom stereocenters. The first kappa shape index (κ1) is 13.5. The van der Waals surface area contributed by atoms with Gasteiger partial charge in [0.25, 0.3) is 0 Å². The quantitative estimate of drug-likeness (QED) is 0.433. The normalized spacial score (nSPS) is 12.5. The molecule has 0 bridgehead atoms. The molecule has 0 fully saturated rings. The Labute approximate surface area is 91.6 Å². The molecule has 53 valence electrons. The van der Waals surface area contributed by atoms with Crippen LogP contribution in [0.1, 0.15) is 0 Å². The Morgan fingerprint density at radius 1 is 1.45 bits per heavy atom. The summed E-state index contributed by atoms with van der Waals surface area (Å²) in [5.41, 5.74) is 3.02. The van der Waals surface area contributed by atoms with E-state index < -0.39 is 5.97 Å². The number of carbonyl (C=O) groups is 1. The fourth-order valence-electron chi connectivity index (χ4n) is 0.529. The Bertz CT molecular complexity index is 227. The summed E-state index contributed by atoms with van der Waals surface area (Å²) in [5.74, 6) is -0.899. The molecule has 2 nitrogen and oxygen atoms in total. The largest absolute Gasteiger partial charge is 2.00 e. The maximum absolute atomic E-state index is 10.2. The fourth-order valence-corrected chi connectivity index (χ4v) is 0.529. The number of hydrogen-bond acceptors (Lipinski definition) is 1. The molecule has 0 aliphatic heterocycles. The van der Waals surface area contributed by atoms with Crippen LogP contribution in [0.3, 0.4) is 0 Å². The molecule has 1 radical (unpaired) electrons. The Balaban J connectivity index is 0. The van der Waals surface area contributed by atoms with E-state index in [1.165, 1.54) is 12.5 Å². The number of allylic oxidation sites excluding steroid dienone is 2. The van der Waals surface area contributed by atoms with Gasteiger partial charge in [0.1, 0.15) is 0 Å². The summed E-state index contributed by atoms with van der Waals surface area (Å²) < 4.78 is 0. The van der Waals surface area contributed by atoms with Crippen LogP contribution in [0.25, 0.3) is 0 Å². The van der Waals surface area contributed by atoms with Crippen molar-refractivity contribution in [3.8, 4) is 0 Å². The van der Waals surface area contributed by atoms with Crippen LogP contribution >= 0.6 is 0 Å². The predicted octanol–water partition coefficient (Wildman–Crippen LogP) is -2.07. The zero-order chi connectivity index (χ0) is 6.69. The Kier molecular flexibility index (Phi) is 8.19. The van der Waals surface area contributed by atoms with E-state index in [0.29, 0.717) is 5.57 Å². The first-order chi connectivity index (χ1) is 4.30. The zero-order valence-electron chi connectivity index (χ0n) is 5.75. The SMILES string of the molecule is O=C(O)C1=CC=C=C[CH]1.[Cl-].[Hg+2]. The smallest absolute Gasteiger partial charge is 1.00 e. The van der Waals surface area contributed by atoms with E-state index in [9.17, 15) is 4.79 Å². The molecule has 0 amide bonds. The van der Waals surface area contributed by atoms with E-state index in [0.717, 1.165) is 0 Å². The molecule has 1 aliphatic rings. The van der Waals surface area contributed by atoms with Gasteiger partial charge in [-0.2, -0.15) is 0 Å². The molecule has 0 saturated heterocycles. The third-order valence-electron chi connectivity index (χ3n) is 0.965. The molecule has 1 N–H and O–H groups in total. The minimum Gasteiger partial charge on any atom is -1.00 e. The Hall–Kier alpha value is -0.0449. The van der Waals surface area contributed by atoms with Gasteiger partial charge in [-0.1, -0.05) is 0 Å². The van der Waals surface area contributed by atoms with Crippen molar-refractivity contribution in [2.75, 3.05) is 0 Å². The Morgan fingerprint density at radius 3 is 2.36 bits per heavy atom. The molecule has 0 saturated carbocycles. The summed E-state index contributed by atoms with van der Waals surface area (Å²) in [7, 11) is 0. The molecule has 0 aromatic carbocycles. The van der Waals surface area contributed by atoms with Crippen LogP contribution < -0.4 is 12.4 Å². The van der Waals surface area contributed by atoms with E-state index in [2.05, 4.69) is 5.73 Å². The monoisotopic (exact) mass is 358 g/mol. The molecule has 0 aromatic rings. The fraction of sp³-hybridized carbons (Fsp3) is 0. The molecule has 1 rings (SSSR count). The van der Waals surface area contributed by atoms with Crippen LogP contribution in [-0.4, -0.2) is 11.1 Å². The number of aliphatic carboxylic acids is 1. The van der Waals surface area contributed by atoms with Crippen molar-refractivity contribution in [3.63, 3.8) is 0 Å². The first-order valence-electron chi connectivity index (χ1n) is 2.50. The average molecular weight is 357 g/mol. The molecular weight excluding hydrogens is 352 g/mol. The molecule has 0 heterocycles. The maximum atomic E-state index is 10.2. The van der Waals surface area contributed by atoms with Crippen LogP contribution in [0, 0.1) is 6.42 Å². The summed E-state index contributed by atoms with van der Waals surface area (Å²) >= 11 is 0. The maximum Gasteiger partial charge on any atom is 2.00 e. The molecule has 0 aromatic heterocycles. The van der Waals surface area contributed by atoms with Crippen molar-refractivity contribution in [2.24, 2.45) is 0 Å². The van der Waals surface area contributed by atoms with Crippen molar-refractivity contribution in [2.45, 2.75) is 0 Å². The molecule has 0 spiro atoms. The van der Waals surface area contributed by atoms with E-state index >= 15 is 0 Å². The summed E-state index contributed by atoms with van der Waals surface area (Å²) in [5, 5.41) is 8.37. The van der Waals surface area contributed by atoms with Gasteiger partial charge in [-0.3, -0.25) is 0 Å². The standard InChI is InChI=1S/C7H5O2.ClH.Hg/c8-7(9)6-4-2-1-3-5-6;;/h2-5H,(H,8,9);1H;/q;;+2/p-1. The van der Waals surface area contributed by atoms with Gasteiger partial charge in [0.15, 0.2) is 0 Å². The average Bonchev–Trinajstić information content (AvgIpc) is 1.90. The van der Waals surface area contributed by atoms with Crippen LogP contribution in [0.15, 0.2) is 29.5 Å². The first-order valence-corrected chi connectivity index (χ1v) is 2.50. The van der Waals surface area contributed by atoms with E-state index in [4.69, 9.17) is 5.11 Å². The molecule has 4 heteroatoms. The van der Waals surface area contributed by atoms with Gasteiger partial charge in [-0.05, 0) is 18.2 Å². The topological polar surface area (TPSA) is 37.3 Å². The van der Waals surface area contributed by atoms with Crippen molar-refractivity contribution in [3.05, 3.63) is 36.0 Å². The second kappa shape index (κ2) is 6.65. The third-order valence-corrected chi connectivity index (χ3v) is 0.965. The van der Waals surface area contributed by atoms with Crippen LogP contribution in [-0.2, 0) is 32.5 Å². The summed E-state index contributed by atoms with van der Waals surface area (Å²) in [6.45, 7) is 0. The number of carboxylic acid groups (broad SMARTS) is 1. The van der Waals surface area contributed by atoms with Gasteiger partial charge in [-0.15, -0.1) is 5.73 Å². The van der Waals surface area contributed by atoms with Crippen LogP contribution in [0.2, 0.25) is 0 Å². The molecular formula is C7H5ClHgO2+. The van der Waals surface area contributed by atoms with E-state index in [1.807, 2.05) is 0 Å². The zero-order valence-corrected chi connectivity index (χ0v) is 12.0. The van der Waals surface area contributed by atoms with Gasteiger partial charge in [0.05, 0.1) is 0 Å². The minimum atomic E-state index is -0.899. The second-order valence-electron chi connectivity index (χ2n) is 1.59. The molecule has 0 unspecified atom stereocenters. The number of halogens is 1. The summed E-state index contributed by atoms with van der Waals surface area (Å²) in [4.78, 5) is 10.2. The number of carboxylic acids is 1. The van der Waals surface area contributed by atoms with E-state index in [-0.39, 0.29) is 40.1 Å². The van der Waals surface area contributed by atoms with Crippen molar-refractivity contribution >= 4 is 5.97 Å². The minimum absolute atomic E-state index is 0. The second-order valence-corrected chi connectivity index (χ2v) is 1.59. The van der Waals surface area contributed by atoms with Crippen LogP contribution in [0.5, 0.6) is 0 Å². The van der Waals surface area contributed by atoms with Gasteiger partial charge in [0.2, 0.25) is 0 Å². The van der Waals surface area contributed by atoms with Gasteiger partial charge >= 0.3 is 33.6 Å². The van der Waals surface area contributed by atoms with Crippen molar-refractivity contribution in [1.82, 2.24) is 0 Å². The van der Waals surface area contributed by atoms with Gasteiger partial charge in [0, 0.05) is 12.0 Å². The van der Waals surface area contributed by atoms with E-state index in [1.54, 1.807) is 12.2 Å². The third kappa shape index (κ3) is 4.41. The van der Waals surface area contributed by atoms with Gasteiger partial charge in [-0.25, -0.2) is 4.79 Å². The van der Waals surface area contributed by atoms with Gasteiger partial charge < -0.3 is 17.5 Å². The van der Waals surface area contributed by atoms with Crippen molar-refractivity contribution < 1.29 is 50.0 Å². The molecule has 11 heavy (non-hydrogen) atoms. The summed E-state index contributed by atoms with van der Waals surface area (Å²) in [6, 6.07) is 0. The number of hydrogen-bond donors (Lipinski definition) is 1. The summed E-state index contributed by atoms with van der Waals surface area (Å²) in [6.07, 6.45) is 6.15. The predicted molar refractivity (Wildman–Crippen MR) is 32.7 cm³/mol. The molecule has 1 aliphatic carbocycles. The Morgan fingerprint density at radius 2 is 2.09 bits per heavy atom. The van der Waals surface area contributed by atoms with Crippen molar-refractivity contribution in [1.29, 1.82) is 0 Å².